The molecule has 0 aliphatic carbocycles. The highest BCUT2D eigenvalue weighted by molar-refractivity contribution is 5.95. The summed E-state index contributed by atoms with van der Waals surface area (Å²) in [6.07, 6.45) is 1.08. The standard InChI is InChI=1S/C18H23NO8/c1-5-7-14(20)25-18(26-15(21)8-6-2)27-17(24)13-9-12(16(22)23)10(3)19-11(13)4/h9,18H,5-8H2,1-4H3,(H,22,23). The van der Waals surface area contributed by atoms with Gasteiger partial charge in [-0.25, -0.2) is 9.59 Å². The van der Waals surface area contributed by atoms with Crippen LogP contribution in [-0.2, 0) is 23.8 Å². The van der Waals surface area contributed by atoms with Gasteiger partial charge in [-0.05, 0) is 32.8 Å². The molecule has 0 atom stereocenters. The SMILES string of the molecule is CCCC(=O)OC(OC(=O)CCC)OC(=O)c1cc(C(=O)O)c(C)nc1C. The minimum Gasteiger partial charge on any atom is -0.478 e. The van der Waals surface area contributed by atoms with Crippen molar-refractivity contribution in [3.05, 3.63) is 28.6 Å². The Morgan fingerprint density at radius 2 is 1.41 bits per heavy atom. The van der Waals surface area contributed by atoms with Gasteiger partial charge in [-0.15, -0.1) is 0 Å². The Labute approximate surface area is 156 Å². The molecule has 1 N–H and O–H groups in total. The van der Waals surface area contributed by atoms with E-state index in [0.29, 0.717) is 12.8 Å². The molecule has 0 amide bonds. The van der Waals surface area contributed by atoms with Crippen molar-refractivity contribution in [2.75, 3.05) is 0 Å². The van der Waals surface area contributed by atoms with Gasteiger partial charge < -0.3 is 19.3 Å². The average Bonchev–Trinajstić information content (AvgIpc) is 2.54. The van der Waals surface area contributed by atoms with E-state index in [4.69, 9.17) is 19.3 Å². The number of ether oxygens (including phenoxy) is 3. The molecule has 27 heavy (non-hydrogen) atoms. The fourth-order valence-corrected chi connectivity index (χ4v) is 2.11. The number of carboxylic acids is 1. The molecule has 0 bridgehead atoms. The van der Waals surface area contributed by atoms with E-state index in [9.17, 15) is 19.2 Å². The van der Waals surface area contributed by atoms with Crippen molar-refractivity contribution in [2.24, 2.45) is 0 Å². The molecule has 1 aromatic rings. The van der Waals surface area contributed by atoms with Crippen molar-refractivity contribution in [2.45, 2.75) is 59.9 Å². The van der Waals surface area contributed by atoms with Gasteiger partial charge >= 0.3 is 30.4 Å². The number of pyridine rings is 1. The topological polar surface area (TPSA) is 129 Å². The third-order valence-corrected chi connectivity index (χ3v) is 3.42. The van der Waals surface area contributed by atoms with Crippen molar-refractivity contribution in [1.29, 1.82) is 0 Å². The zero-order chi connectivity index (χ0) is 20.6. The summed E-state index contributed by atoms with van der Waals surface area (Å²) in [6, 6.07) is 1.11. The average molecular weight is 381 g/mol. The maximum Gasteiger partial charge on any atom is 0.413 e. The van der Waals surface area contributed by atoms with Gasteiger partial charge in [0.15, 0.2) is 0 Å². The molecule has 9 heteroatoms. The Morgan fingerprint density at radius 3 is 1.85 bits per heavy atom. The van der Waals surface area contributed by atoms with Gasteiger partial charge in [-0.3, -0.25) is 14.6 Å². The number of aromatic carboxylic acids is 1. The van der Waals surface area contributed by atoms with Crippen LogP contribution in [0.2, 0.25) is 0 Å². The van der Waals surface area contributed by atoms with Crippen LogP contribution in [0.15, 0.2) is 6.07 Å². The van der Waals surface area contributed by atoms with Crippen LogP contribution in [-0.4, -0.2) is 40.4 Å². The smallest absolute Gasteiger partial charge is 0.413 e. The molecular weight excluding hydrogens is 358 g/mol. The minimum absolute atomic E-state index is 0.0493. The Balaban J connectivity index is 3.03. The van der Waals surface area contributed by atoms with Crippen LogP contribution < -0.4 is 0 Å². The summed E-state index contributed by atoms with van der Waals surface area (Å²) in [5.41, 5.74) is 0.147. The van der Waals surface area contributed by atoms with Crippen LogP contribution in [0.4, 0.5) is 0 Å². The van der Waals surface area contributed by atoms with Gasteiger partial charge in [0.05, 0.1) is 22.5 Å². The van der Waals surface area contributed by atoms with Gasteiger partial charge in [0.25, 0.3) is 0 Å². The summed E-state index contributed by atoms with van der Waals surface area (Å²) >= 11 is 0. The summed E-state index contributed by atoms with van der Waals surface area (Å²) in [6.45, 7) is 4.63. The molecule has 0 spiro atoms. The van der Waals surface area contributed by atoms with E-state index >= 15 is 0 Å². The van der Waals surface area contributed by atoms with Gasteiger partial charge in [0, 0.05) is 12.8 Å². The number of carboxylic acid groups (broad SMARTS) is 1. The largest absolute Gasteiger partial charge is 0.478 e. The van der Waals surface area contributed by atoms with Gasteiger partial charge in [-0.1, -0.05) is 13.8 Å². The lowest BCUT2D eigenvalue weighted by Gasteiger charge is -2.18. The van der Waals surface area contributed by atoms with Crippen molar-refractivity contribution in [3.63, 3.8) is 0 Å². The maximum atomic E-state index is 12.4. The van der Waals surface area contributed by atoms with Crippen LogP contribution in [0.25, 0.3) is 0 Å². The summed E-state index contributed by atoms with van der Waals surface area (Å²) in [5.74, 6) is -3.69. The normalized spacial score (nSPS) is 10.4. The highest BCUT2D eigenvalue weighted by atomic mass is 16.9. The number of aryl methyl sites for hydroxylation is 2. The van der Waals surface area contributed by atoms with Crippen molar-refractivity contribution >= 4 is 23.9 Å². The van der Waals surface area contributed by atoms with Gasteiger partial charge in [0.2, 0.25) is 0 Å². The van der Waals surface area contributed by atoms with E-state index in [-0.39, 0.29) is 35.4 Å². The lowest BCUT2D eigenvalue weighted by molar-refractivity contribution is -0.245. The molecule has 1 rings (SSSR count). The first-order chi connectivity index (χ1) is 12.7. The van der Waals surface area contributed by atoms with E-state index in [1.165, 1.54) is 13.8 Å². The molecule has 0 saturated carbocycles. The second-order valence-electron chi connectivity index (χ2n) is 5.73. The predicted molar refractivity (Wildman–Crippen MR) is 91.9 cm³/mol. The van der Waals surface area contributed by atoms with Crippen LogP contribution in [0.1, 0.15) is 71.6 Å². The van der Waals surface area contributed by atoms with Crippen LogP contribution in [0, 0.1) is 13.8 Å². The number of carbonyl (C=O) groups is 4. The Kier molecular flexibility index (Phi) is 8.37. The van der Waals surface area contributed by atoms with E-state index in [0.717, 1.165) is 6.07 Å². The van der Waals surface area contributed by atoms with Crippen LogP contribution in [0.5, 0.6) is 0 Å². The number of rotatable bonds is 9. The number of carbonyl (C=O) groups excluding carboxylic acids is 3. The van der Waals surface area contributed by atoms with E-state index in [2.05, 4.69) is 4.98 Å². The lowest BCUT2D eigenvalue weighted by Crippen LogP contribution is -2.30. The number of esters is 3. The monoisotopic (exact) mass is 381 g/mol. The van der Waals surface area contributed by atoms with Crippen LogP contribution >= 0.6 is 0 Å². The first-order valence-corrected chi connectivity index (χ1v) is 8.51. The second-order valence-corrected chi connectivity index (χ2v) is 5.73. The van der Waals surface area contributed by atoms with E-state index in [1.807, 2.05) is 0 Å². The number of hydrogen-bond acceptors (Lipinski definition) is 8. The quantitative estimate of drug-likeness (QED) is 0.506. The zero-order valence-electron chi connectivity index (χ0n) is 15.7. The molecule has 0 unspecified atom stereocenters. The van der Waals surface area contributed by atoms with Crippen LogP contribution in [0.3, 0.4) is 0 Å². The molecule has 1 aromatic heterocycles. The number of aromatic nitrogens is 1. The second kappa shape index (κ2) is 10.2. The molecule has 0 saturated heterocycles. The first-order valence-electron chi connectivity index (χ1n) is 8.51. The maximum absolute atomic E-state index is 12.4. The highest BCUT2D eigenvalue weighted by Gasteiger charge is 2.26. The minimum atomic E-state index is -1.86. The first kappa shape index (κ1) is 22.1. The Morgan fingerprint density at radius 1 is 0.926 bits per heavy atom. The molecule has 148 valence electrons. The molecule has 9 nitrogen and oxygen atoms in total. The zero-order valence-corrected chi connectivity index (χ0v) is 15.7. The summed E-state index contributed by atoms with van der Waals surface area (Å²) in [5, 5.41) is 9.17. The molecule has 0 aromatic carbocycles. The molecule has 0 aliphatic rings. The van der Waals surface area contributed by atoms with E-state index in [1.54, 1.807) is 13.8 Å². The fraction of sp³-hybridized carbons (Fsp3) is 0.500. The van der Waals surface area contributed by atoms with E-state index < -0.39 is 30.4 Å². The van der Waals surface area contributed by atoms with Crippen molar-refractivity contribution in [1.82, 2.24) is 4.98 Å². The predicted octanol–water partition coefficient (Wildman–Crippen LogP) is 2.52. The lowest BCUT2D eigenvalue weighted by atomic mass is 10.1. The molecular formula is C18H23NO8. The molecule has 0 aliphatic heterocycles. The van der Waals surface area contributed by atoms with Gasteiger partial charge in [-0.2, -0.15) is 0 Å². The summed E-state index contributed by atoms with van der Waals surface area (Å²) < 4.78 is 14.7. The Hall–Kier alpha value is -2.97. The molecule has 0 fully saturated rings. The number of nitrogens with zero attached hydrogens (tertiary/aromatic N) is 1. The Bertz CT molecular complexity index is 708. The van der Waals surface area contributed by atoms with Crippen molar-refractivity contribution in [3.8, 4) is 0 Å². The third kappa shape index (κ3) is 6.69. The fourth-order valence-electron chi connectivity index (χ4n) is 2.11. The summed E-state index contributed by atoms with van der Waals surface area (Å²) in [4.78, 5) is 51.0. The summed E-state index contributed by atoms with van der Waals surface area (Å²) in [7, 11) is 0. The highest BCUT2D eigenvalue weighted by Crippen LogP contribution is 2.16. The molecule has 1 heterocycles. The third-order valence-electron chi connectivity index (χ3n) is 3.42. The number of hydrogen-bond donors (Lipinski definition) is 1. The van der Waals surface area contributed by atoms with Gasteiger partial charge in [0.1, 0.15) is 0 Å². The van der Waals surface area contributed by atoms with Crippen molar-refractivity contribution < 1.29 is 38.5 Å². The molecule has 0 radical (unpaired) electrons.